The van der Waals surface area contributed by atoms with Crippen LogP contribution in [0, 0.1) is 0 Å². The summed E-state index contributed by atoms with van der Waals surface area (Å²) in [6, 6.07) is 0.707. The SMILES string of the molecule is C=C(CBr)C[Si](OCCC)(OCCC)OCCC. The maximum absolute atomic E-state index is 5.97. The molecular formula is C13H27BrO3Si. The van der Waals surface area contributed by atoms with Crippen LogP contribution in [0.2, 0.25) is 6.04 Å². The Hall–Kier alpha value is 0.317. The lowest BCUT2D eigenvalue weighted by atomic mass is 10.4. The Labute approximate surface area is 121 Å². The van der Waals surface area contributed by atoms with E-state index in [1.165, 1.54) is 0 Å². The topological polar surface area (TPSA) is 27.7 Å². The van der Waals surface area contributed by atoms with Crippen LogP contribution in [-0.2, 0) is 13.3 Å². The van der Waals surface area contributed by atoms with Crippen molar-refractivity contribution in [3.63, 3.8) is 0 Å². The van der Waals surface area contributed by atoms with Crippen LogP contribution >= 0.6 is 15.9 Å². The molecule has 0 atom stereocenters. The lowest BCUT2D eigenvalue weighted by molar-refractivity contribution is 0.0615. The standard InChI is InChI=1S/C13H27BrO3Si/c1-5-8-15-18(16-9-6-2,17-10-7-3)12-13(4)11-14/h4-12H2,1-3H3. The number of hydrogen-bond donors (Lipinski definition) is 0. The normalized spacial score (nSPS) is 11.8. The van der Waals surface area contributed by atoms with E-state index in [2.05, 4.69) is 43.3 Å². The predicted octanol–water partition coefficient (Wildman–Crippen LogP) is 4.16. The van der Waals surface area contributed by atoms with Gasteiger partial charge >= 0.3 is 8.80 Å². The summed E-state index contributed by atoms with van der Waals surface area (Å²) in [4.78, 5) is 0. The van der Waals surface area contributed by atoms with Gasteiger partial charge in [-0.3, -0.25) is 0 Å². The molecule has 0 aliphatic carbocycles. The molecule has 0 heterocycles. The first-order valence-electron chi connectivity index (χ1n) is 6.78. The summed E-state index contributed by atoms with van der Waals surface area (Å²) in [5.74, 6) is 0. The van der Waals surface area contributed by atoms with Crippen LogP contribution < -0.4 is 0 Å². The smallest absolute Gasteiger partial charge is 0.373 e. The van der Waals surface area contributed by atoms with Crippen molar-refractivity contribution in [2.24, 2.45) is 0 Å². The molecule has 0 aromatic rings. The molecule has 18 heavy (non-hydrogen) atoms. The second kappa shape index (κ2) is 11.2. The van der Waals surface area contributed by atoms with E-state index in [0.29, 0.717) is 25.9 Å². The fourth-order valence-electron chi connectivity index (χ4n) is 1.40. The summed E-state index contributed by atoms with van der Waals surface area (Å²) >= 11 is 3.43. The van der Waals surface area contributed by atoms with Crippen molar-refractivity contribution in [2.75, 3.05) is 25.2 Å². The van der Waals surface area contributed by atoms with Gasteiger partial charge in [-0.25, -0.2) is 0 Å². The van der Waals surface area contributed by atoms with Crippen molar-refractivity contribution in [3.8, 4) is 0 Å². The fraction of sp³-hybridized carbons (Fsp3) is 0.846. The predicted molar refractivity (Wildman–Crippen MR) is 82.2 cm³/mol. The number of halogens is 1. The summed E-state index contributed by atoms with van der Waals surface area (Å²) < 4.78 is 17.9. The lowest BCUT2D eigenvalue weighted by Gasteiger charge is -2.30. The Morgan fingerprint density at radius 1 is 0.944 bits per heavy atom. The van der Waals surface area contributed by atoms with Gasteiger partial charge in [-0.2, -0.15) is 0 Å². The number of alkyl halides is 1. The van der Waals surface area contributed by atoms with Gasteiger partial charge in [0.25, 0.3) is 0 Å². The van der Waals surface area contributed by atoms with Crippen LogP contribution in [0.5, 0.6) is 0 Å². The minimum atomic E-state index is -2.57. The average molecular weight is 339 g/mol. The summed E-state index contributed by atoms with van der Waals surface area (Å²) in [5, 5.41) is 0.766. The van der Waals surface area contributed by atoms with E-state index >= 15 is 0 Å². The van der Waals surface area contributed by atoms with Crippen LogP contribution in [0.25, 0.3) is 0 Å². The molecule has 108 valence electrons. The first-order chi connectivity index (χ1) is 8.64. The van der Waals surface area contributed by atoms with E-state index in [-0.39, 0.29) is 0 Å². The van der Waals surface area contributed by atoms with E-state index in [1.54, 1.807) is 0 Å². The average Bonchev–Trinajstić information content (AvgIpc) is 2.40. The van der Waals surface area contributed by atoms with E-state index in [1.807, 2.05) is 0 Å². The first kappa shape index (κ1) is 18.3. The largest absolute Gasteiger partial charge is 0.505 e. The second-order valence-electron chi connectivity index (χ2n) is 4.29. The molecule has 0 fully saturated rings. The van der Waals surface area contributed by atoms with Gasteiger partial charge in [0.05, 0.1) is 0 Å². The molecule has 0 aromatic heterocycles. The minimum Gasteiger partial charge on any atom is -0.373 e. The molecule has 0 saturated heterocycles. The molecule has 0 radical (unpaired) electrons. The fourth-order valence-corrected chi connectivity index (χ4v) is 4.81. The van der Waals surface area contributed by atoms with Gasteiger partial charge in [0.1, 0.15) is 0 Å². The summed E-state index contributed by atoms with van der Waals surface area (Å²) in [7, 11) is -2.57. The highest BCUT2D eigenvalue weighted by atomic mass is 79.9. The molecule has 0 unspecified atom stereocenters. The van der Waals surface area contributed by atoms with Crippen LogP contribution in [-0.4, -0.2) is 34.0 Å². The third-order valence-electron chi connectivity index (χ3n) is 2.23. The number of hydrogen-bond acceptors (Lipinski definition) is 3. The Morgan fingerprint density at radius 2 is 1.33 bits per heavy atom. The Balaban J connectivity index is 4.66. The van der Waals surface area contributed by atoms with E-state index in [4.69, 9.17) is 13.3 Å². The summed E-state index contributed by atoms with van der Waals surface area (Å²) in [6.07, 6.45) is 2.92. The first-order valence-corrected chi connectivity index (χ1v) is 9.83. The Morgan fingerprint density at radius 3 is 1.61 bits per heavy atom. The molecule has 0 rings (SSSR count). The summed E-state index contributed by atoms with van der Waals surface area (Å²) in [5.41, 5.74) is 1.07. The van der Waals surface area contributed by atoms with Crippen molar-refractivity contribution < 1.29 is 13.3 Å². The van der Waals surface area contributed by atoms with Crippen molar-refractivity contribution in [1.29, 1.82) is 0 Å². The van der Waals surface area contributed by atoms with Crippen LogP contribution in [0.15, 0.2) is 12.2 Å². The monoisotopic (exact) mass is 338 g/mol. The zero-order valence-corrected chi connectivity index (χ0v) is 14.6. The molecule has 3 nitrogen and oxygen atoms in total. The maximum Gasteiger partial charge on any atom is 0.505 e. The van der Waals surface area contributed by atoms with Crippen molar-refractivity contribution in [2.45, 2.75) is 46.1 Å². The van der Waals surface area contributed by atoms with Crippen molar-refractivity contribution in [3.05, 3.63) is 12.2 Å². The number of rotatable bonds is 12. The van der Waals surface area contributed by atoms with Gasteiger partial charge < -0.3 is 13.3 Å². The molecule has 0 aliphatic heterocycles. The zero-order valence-electron chi connectivity index (χ0n) is 12.0. The molecule has 0 N–H and O–H groups in total. The van der Waals surface area contributed by atoms with E-state index in [0.717, 1.165) is 30.2 Å². The summed E-state index contributed by atoms with van der Waals surface area (Å²) in [6.45, 7) is 12.4. The van der Waals surface area contributed by atoms with Crippen LogP contribution in [0.4, 0.5) is 0 Å². The third-order valence-corrected chi connectivity index (χ3v) is 5.89. The van der Waals surface area contributed by atoms with Gasteiger partial charge in [-0.15, -0.1) is 0 Å². The third kappa shape index (κ3) is 7.69. The highest BCUT2D eigenvalue weighted by Crippen LogP contribution is 2.22. The van der Waals surface area contributed by atoms with Gasteiger partial charge in [0.15, 0.2) is 0 Å². The molecule has 0 saturated carbocycles. The highest BCUT2D eigenvalue weighted by molar-refractivity contribution is 9.09. The van der Waals surface area contributed by atoms with Crippen LogP contribution in [0.1, 0.15) is 40.0 Å². The van der Waals surface area contributed by atoms with Gasteiger partial charge in [-0.05, 0) is 19.3 Å². The van der Waals surface area contributed by atoms with Gasteiger partial charge in [0, 0.05) is 31.2 Å². The molecular weight excluding hydrogens is 312 g/mol. The highest BCUT2D eigenvalue weighted by Gasteiger charge is 2.41. The van der Waals surface area contributed by atoms with Crippen LogP contribution in [0.3, 0.4) is 0 Å². The minimum absolute atomic E-state index is 0.690. The Kier molecular flexibility index (Phi) is 11.4. The van der Waals surface area contributed by atoms with E-state index in [9.17, 15) is 0 Å². The molecule has 0 spiro atoms. The molecule has 0 amide bonds. The quantitative estimate of drug-likeness (QED) is 0.304. The maximum atomic E-state index is 5.97. The number of allylic oxidation sites excluding steroid dienone is 1. The second-order valence-corrected chi connectivity index (χ2v) is 7.44. The van der Waals surface area contributed by atoms with Crippen molar-refractivity contribution in [1.82, 2.24) is 0 Å². The molecule has 0 aromatic carbocycles. The zero-order chi connectivity index (χ0) is 13.9. The molecule has 0 bridgehead atoms. The van der Waals surface area contributed by atoms with Gasteiger partial charge in [0.2, 0.25) is 0 Å². The van der Waals surface area contributed by atoms with Gasteiger partial charge in [-0.1, -0.05) is 48.9 Å². The Bertz CT molecular complexity index is 203. The molecule has 0 aliphatic rings. The van der Waals surface area contributed by atoms with Crippen molar-refractivity contribution >= 4 is 24.7 Å². The van der Waals surface area contributed by atoms with E-state index < -0.39 is 8.80 Å². The molecule has 5 heteroatoms. The lowest BCUT2D eigenvalue weighted by Crippen LogP contribution is -2.47.